The predicted octanol–water partition coefficient (Wildman–Crippen LogP) is 3.91. The van der Waals surface area contributed by atoms with Gasteiger partial charge in [0.05, 0.1) is 24.7 Å². The maximum atomic E-state index is 13.4. The number of nitrogens with zero attached hydrogens (tertiary/aromatic N) is 1. The van der Waals surface area contributed by atoms with Gasteiger partial charge in [-0.1, -0.05) is 6.07 Å². The number of thiophene rings is 1. The molecule has 0 fully saturated rings. The van der Waals surface area contributed by atoms with Crippen LogP contribution in [0.1, 0.15) is 42.0 Å². The van der Waals surface area contributed by atoms with Gasteiger partial charge in [-0.3, -0.25) is 14.9 Å². The molecule has 172 valence electrons. The summed E-state index contributed by atoms with van der Waals surface area (Å²) in [5.41, 5.74) is 1.44. The van der Waals surface area contributed by atoms with Crippen LogP contribution in [0.15, 0.2) is 52.2 Å². The molecule has 0 amide bonds. The van der Waals surface area contributed by atoms with Gasteiger partial charge in [-0.05, 0) is 36.4 Å². The number of phenolic OH excluding ortho intramolecular Hbond substituents is 1. The molecule has 2 unspecified atom stereocenters. The molecule has 0 bridgehead atoms. The molecule has 2 heterocycles. The summed E-state index contributed by atoms with van der Waals surface area (Å²) in [6.45, 7) is 1.70. The zero-order chi connectivity index (χ0) is 23.9. The number of esters is 1. The number of ether oxygens (including phenoxy) is 2. The zero-order valence-corrected chi connectivity index (χ0v) is 19.0. The molecular formula is C23H22N2O7S. The molecule has 1 aliphatic carbocycles. The van der Waals surface area contributed by atoms with Crippen LogP contribution in [0.3, 0.4) is 0 Å². The number of rotatable bonds is 5. The third-order valence-electron chi connectivity index (χ3n) is 6.01. The number of aromatic hydroxyl groups is 1. The van der Waals surface area contributed by atoms with E-state index in [1.165, 1.54) is 26.4 Å². The Hall–Kier alpha value is -3.66. The van der Waals surface area contributed by atoms with Gasteiger partial charge in [0.25, 0.3) is 0 Å². The van der Waals surface area contributed by atoms with Crippen LogP contribution in [-0.2, 0) is 14.3 Å². The van der Waals surface area contributed by atoms with Crippen molar-refractivity contribution in [3.05, 3.63) is 72.7 Å². The number of allylic oxidation sites excluding steroid dienone is 3. The second-order valence-electron chi connectivity index (χ2n) is 7.87. The Morgan fingerprint density at radius 3 is 2.67 bits per heavy atom. The quantitative estimate of drug-likeness (QED) is 0.382. The van der Waals surface area contributed by atoms with Gasteiger partial charge in [-0.25, -0.2) is 4.79 Å². The summed E-state index contributed by atoms with van der Waals surface area (Å²) >= 11 is 1.58. The lowest BCUT2D eigenvalue weighted by Crippen LogP contribution is -2.35. The van der Waals surface area contributed by atoms with E-state index < -0.39 is 28.2 Å². The van der Waals surface area contributed by atoms with E-state index in [0.29, 0.717) is 23.4 Å². The second-order valence-corrected chi connectivity index (χ2v) is 8.85. The van der Waals surface area contributed by atoms with Crippen molar-refractivity contribution < 1.29 is 29.1 Å². The van der Waals surface area contributed by atoms with Crippen LogP contribution in [0.25, 0.3) is 0 Å². The van der Waals surface area contributed by atoms with E-state index in [9.17, 15) is 24.8 Å². The molecule has 9 nitrogen and oxygen atoms in total. The molecule has 4 rings (SSSR count). The number of nitro groups is 1. The number of nitrogens with one attached hydrogen (secondary N) is 1. The molecule has 2 atom stereocenters. The molecule has 1 aliphatic heterocycles. The van der Waals surface area contributed by atoms with Gasteiger partial charge in [0.15, 0.2) is 11.5 Å². The van der Waals surface area contributed by atoms with Crippen LogP contribution in [0.4, 0.5) is 5.69 Å². The molecule has 2 aliphatic rings. The average molecular weight is 471 g/mol. The van der Waals surface area contributed by atoms with Gasteiger partial charge in [0.2, 0.25) is 5.75 Å². The number of methoxy groups -OCH3 is 2. The van der Waals surface area contributed by atoms with Crippen molar-refractivity contribution in [2.45, 2.75) is 31.6 Å². The Kier molecular flexibility index (Phi) is 5.94. The van der Waals surface area contributed by atoms with Crippen LogP contribution in [-0.4, -0.2) is 36.0 Å². The van der Waals surface area contributed by atoms with E-state index in [1.807, 2.05) is 17.5 Å². The first-order valence-corrected chi connectivity index (χ1v) is 11.1. The third kappa shape index (κ3) is 3.86. The lowest BCUT2D eigenvalue weighted by atomic mass is 9.72. The van der Waals surface area contributed by atoms with Gasteiger partial charge < -0.3 is 19.9 Å². The zero-order valence-electron chi connectivity index (χ0n) is 18.2. The summed E-state index contributed by atoms with van der Waals surface area (Å²) in [4.78, 5) is 38.1. The Morgan fingerprint density at radius 2 is 2.06 bits per heavy atom. The predicted molar refractivity (Wildman–Crippen MR) is 120 cm³/mol. The standard InChI is InChI=1S/C23H22N2O7S/c1-11-19(23(28)32-3)20(13-8-15(25(29)30)22(27)17(10-13)31-2)21-14(24-11)7-12(9-16(21)26)18-5-4-6-33-18/h4-6,8,10,12,20,24,27H,7,9H2,1-3H3. The summed E-state index contributed by atoms with van der Waals surface area (Å²) in [6.07, 6.45) is 0.809. The second kappa shape index (κ2) is 8.70. The Morgan fingerprint density at radius 1 is 1.30 bits per heavy atom. The molecule has 1 aromatic carbocycles. The molecule has 0 radical (unpaired) electrons. The molecule has 33 heavy (non-hydrogen) atoms. The lowest BCUT2D eigenvalue weighted by molar-refractivity contribution is -0.386. The van der Waals surface area contributed by atoms with Crippen LogP contribution < -0.4 is 10.1 Å². The van der Waals surface area contributed by atoms with Crippen molar-refractivity contribution in [1.82, 2.24) is 5.32 Å². The Balaban J connectivity index is 1.91. The minimum atomic E-state index is -0.904. The smallest absolute Gasteiger partial charge is 0.336 e. The molecule has 1 aromatic heterocycles. The summed E-state index contributed by atoms with van der Waals surface area (Å²) in [6, 6.07) is 6.52. The number of ketones is 1. The largest absolute Gasteiger partial charge is 0.500 e. The summed E-state index contributed by atoms with van der Waals surface area (Å²) < 4.78 is 10.1. The molecule has 0 saturated carbocycles. The monoisotopic (exact) mass is 470 g/mol. The molecule has 0 saturated heterocycles. The van der Waals surface area contributed by atoms with E-state index in [0.717, 1.165) is 4.88 Å². The summed E-state index contributed by atoms with van der Waals surface area (Å²) in [7, 11) is 2.51. The van der Waals surface area contributed by atoms with Gasteiger partial charge in [0.1, 0.15) is 0 Å². The molecule has 2 aromatic rings. The minimum absolute atomic E-state index is 0.000525. The fraction of sp³-hybridized carbons (Fsp3) is 0.304. The van der Waals surface area contributed by atoms with Gasteiger partial charge in [-0.15, -0.1) is 11.3 Å². The molecule has 0 spiro atoms. The number of benzene rings is 1. The Bertz CT molecular complexity index is 1210. The third-order valence-corrected chi connectivity index (χ3v) is 7.04. The number of carbonyl (C=O) groups excluding carboxylic acids is 2. The van der Waals surface area contributed by atoms with Crippen molar-refractivity contribution in [1.29, 1.82) is 0 Å². The van der Waals surface area contributed by atoms with Gasteiger partial charge >= 0.3 is 11.7 Å². The maximum Gasteiger partial charge on any atom is 0.336 e. The lowest BCUT2D eigenvalue weighted by Gasteiger charge is -2.36. The highest BCUT2D eigenvalue weighted by molar-refractivity contribution is 7.10. The number of carbonyl (C=O) groups is 2. The highest BCUT2D eigenvalue weighted by atomic mass is 32.1. The number of nitro benzene ring substituents is 1. The van der Waals surface area contributed by atoms with E-state index in [2.05, 4.69) is 5.32 Å². The average Bonchev–Trinajstić information content (AvgIpc) is 3.32. The van der Waals surface area contributed by atoms with Crippen molar-refractivity contribution in [2.75, 3.05) is 14.2 Å². The number of Topliss-reactive ketones (excluding diaryl/α,β-unsaturated/α-hetero) is 1. The number of phenols is 1. The van der Waals surface area contributed by atoms with Gasteiger partial charge in [-0.2, -0.15) is 0 Å². The highest BCUT2D eigenvalue weighted by Crippen LogP contribution is 2.49. The fourth-order valence-electron chi connectivity index (χ4n) is 4.55. The van der Waals surface area contributed by atoms with Crippen LogP contribution >= 0.6 is 11.3 Å². The van der Waals surface area contributed by atoms with Crippen molar-refractivity contribution in [2.24, 2.45) is 0 Å². The van der Waals surface area contributed by atoms with Crippen LogP contribution in [0, 0.1) is 10.1 Å². The van der Waals surface area contributed by atoms with Crippen molar-refractivity contribution in [3.63, 3.8) is 0 Å². The summed E-state index contributed by atoms with van der Waals surface area (Å²) in [5, 5.41) is 27.0. The number of dihydropyridines is 1. The van der Waals surface area contributed by atoms with Crippen molar-refractivity contribution in [3.8, 4) is 11.5 Å². The number of hydrogen-bond acceptors (Lipinski definition) is 9. The first-order valence-electron chi connectivity index (χ1n) is 10.2. The molecule has 2 N–H and O–H groups in total. The van der Waals surface area contributed by atoms with E-state index in [1.54, 1.807) is 18.3 Å². The van der Waals surface area contributed by atoms with Crippen LogP contribution in [0.5, 0.6) is 11.5 Å². The van der Waals surface area contributed by atoms with Crippen LogP contribution in [0.2, 0.25) is 0 Å². The first kappa shape index (κ1) is 22.5. The Labute approximate surface area is 193 Å². The van der Waals surface area contributed by atoms with Crippen molar-refractivity contribution >= 4 is 28.8 Å². The minimum Gasteiger partial charge on any atom is -0.500 e. The molecule has 10 heteroatoms. The SMILES string of the molecule is COC(=O)C1=C(C)NC2=C(C(=O)CC(c3cccs3)C2)C1c1cc(OC)c(O)c([N+](=O)[O-])c1. The number of hydrogen-bond donors (Lipinski definition) is 2. The summed E-state index contributed by atoms with van der Waals surface area (Å²) in [5.74, 6) is -2.46. The van der Waals surface area contributed by atoms with E-state index >= 15 is 0 Å². The first-order chi connectivity index (χ1) is 15.8. The fourth-order valence-corrected chi connectivity index (χ4v) is 5.38. The highest BCUT2D eigenvalue weighted by Gasteiger charge is 2.42. The van der Waals surface area contributed by atoms with E-state index in [-0.39, 0.29) is 35.0 Å². The maximum absolute atomic E-state index is 13.4. The molecular weight excluding hydrogens is 448 g/mol. The van der Waals surface area contributed by atoms with E-state index in [4.69, 9.17) is 9.47 Å². The van der Waals surface area contributed by atoms with Gasteiger partial charge in [0, 0.05) is 46.2 Å². The normalized spacial score (nSPS) is 20.3. The topological polar surface area (TPSA) is 128 Å².